The molecule has 0 fully saturated rings. The number of aryl methyl sites for hydroxylation is 1. The lowest BCUT2D eigenvalue weighted by Gasteiger charge is -2.17. The Bertz CT molecular complexity index is 733. The van der Waals surface area contributed by atoms with E-state index in [9.17, 15) is 13.6 Å². The van der Waals surface area contributed by atoms with E-state index in [-0.39, 0.29) is 11.7 Å². The van der Waals surface area contributed by atoms with Crippen LogP contribution in [0, 0.1) is 18.6 Å². The topological polar surface area (TPSA) is 20.3 Å². The Balaban J connectivity index is 1.74. The largest absolute Gasteiger partial charge is 0.311 e. The van der Waals surface area contributed by atoms with Gasteiger partial charge in [0.1, 0.15) is 11.6 Å². The standard InChI is InChI=1S/C17H15F2NOS/c1-11-4-2-3-5-16(11)22-10-17(21)20-7-6-13-14(19)8-12(18)9-15(13)20/h2-5,8-9H,6-7,10H2,1H3. The van der Waals surface area contributed by atoms with Gasteiger partial charge in [-0.25, -0.2) is 8.78 Å². The molecule has 2 aromatic carbocycles. The first-order valence-corrected chi connectivity index (χ1v) is 8.01. The minimum atomic E-state index is -0.650. The predicted molar refractivity (Wildman–Crippen MR) is 84.3 cm³/mol. The summed E-state index contributed by atoms with van der Waals surface area (Å²) in [5.41, 5.74) is 1.91. The van der Waals surface area contributed by atoms with Crippen molar-refractivity contribution in [1.29, 1.82) is 0 Å². The average Bonchev–Trinajstić information content (AvgIpc) is 2.90. The van der Waals surface area contributed by atoms with E-state index >= 15 is 0 Å². The van der Waals surface area contributed by atoms with Crippen molar-refractivity contribution in [2.45, 2.75) is 18.2 Å². The Kier molecular flexibility index (Phi) is 4.16. The van der Waals surface area contributed by atoms with Gasteiger partial charge in [-0.3, -0.25) is 4.79 Å². The van der Waals surface area contributed by atoms with E-state index in [0.717, 1.165) is 16.5 Å². The van der Waals surface area contributed by atoms with Crippen LogP contribution in [0.15, 0.2) is 41.3 Å². The first-order chi connectivity index (χ1) is 10.6. The fraction of sp³-hybridized carbons (Fsp3) is 0.235. The highest BCUT2D eigenvalue weighted by atomic mass is 32.2. The fourth-order valence-corrected chi connectivity index (χ4v) is 3.52. The van der Waals surface area contributed by atoms with Gasteiger partial charge in [-0.05, 0) is 31.0 Å². The SMILES string of the molecule is Cc1ccccc1SCC(=O)N1CCc2c(F)cc(F)cc21. The van der Waals surface area contributed by atoms with E-state index in [2.05, 4.69) is 0 Å². The van der Waals surface area contributed by atoms with Crippen LogP contribution in [0.5, 0.6) is 0 Å². The number of fused-ring (bicyclic) bond motifs is 1. The number of rotatable bonds is 3. The summed E-state index contributed by atoms with van der Waals surface area (Å²) in [4.78, 5) is 14.9. The number of amides is 1. The third kappa shape index (κ3) is 2.86. The Morgan fingerprint density at radius 1 is 1.27 bits per heavy atom. The van der Waals surface area contributed by atoms with Crippen molar-refractivity contribution in [3.63, 3.8) is 0 Å². The number of benzene rings is 2. The highest BCUT2D eigenvalue weighted by molar-refractivity contribution is 8.00. The molecule has 0 saturated heterocycles. The van der Waals surface area contributed by atoms with Gasteiger partial charge in [0.05, 0.1) is 11.4 Å². The minimum Gasteiger partial charge on any atom is -0.311 e. The third-order valence-electron chi connectivity index (χ3n) is 3.76. The highest BCUT2D eigenvalue weighted by Crippen LogP contribution is 2.32. The van der Waals surface area contributed by atoms with Gasteiger partial charge in [0.25, 0.3) is 0 Å². The van der Waals surface area contributed by atoms with Crippen LogP contribution in [0.3, 0.4) is 0 Å². The molecule has 114 valence electrons. The van der Waals surface area contributed by atoms with Crippen molar-refractivity contribution < 1.29 is 13.6 Å². The van der Waals surface area contributed by atoms with Crippen molar-refractivity contribution in [2.75, 3.05) is 17.2 Å². The number of hydrogen-bond donors (Lipinski definition) is 0. The normalized spacial score (nSPS) is 13.3. The maximum Gasteiger partial charge on any atom is 0.237 e. The molecule has 0 N–H and O–H groups in total. The van der Waals surface area contributed by atoms with Gasteiger partial charge in [-0.2, -0.15) is 0 Å². The molecular weight excluding hydrogens is 304 g/mol. The number of hydrogen-bond acceptors (Lipinski definition) is 2. The second-order valence-electron chi connectivity index (χ2n) is 5.23. The van der Waals surface area contributed by atoms with E-state index < -0.39 is 11.6 Å². The Morgan fingerprint density at radius 2 is 2.05 bits per heavy atom. The Morgan fingerprint density at radius 3 is 2.82 bits per heavy atom. The number of thioether (sulfide) groups is 1. The molecule has 0 unspecified atom stereocenters. The molecular formula is C17H15F2NOS. The Labute approximate surface area is 132 Å². The monoisotopic (exact) mass is 319 g/mol. The molecule has 1 aliphatic heterocycles. The molecule has 3 rings (SSSR count). The van der Waals surface area contributed by atoms with Crippen LogP contribution in [0.1, 0.15) is 11.1 Å². The van der Waals surface area contributed by atoms with Crippen LogP contribution < -0.4 is 4.90 Å². The van der Waals surface area contributed by atoms with Crippen molar-refractivity contribution in [1.82, 2.24) is 0 Å². The predicted octanol–water partition coefficient (Wildman–Crippen LogP) is 3.95. The quantitative estimate of drug-likeness (QED) is 0.798. The second kappa shape index (κ2) is 6.08. The van der Waals surface area contributed by atoms with E-state index in [1.807, 2.05) is 31.2 Å². The third-order valence-corrected chi connectivity index (χ3v) is 4.92. The van der Waals surface area contributed by atoms with Crippen molar-refractivity contribution in [2.24, 2.45) is 0 Å². The van der Waals surface area contributed by atoms with Gasteiger partial charge in [0.2, 0.25) is 5.91 Å². The molecule has 1 aliphatic rings. The molecule has 0 spiro atoms. The molecule has 0 aliphatic carbocycles. The summed E-state index contributed by atoms with van der Waals surface area (Å²) < 4.78 is 27.1. The number of anilines is 1. The first-order valence-electron chi connectivity index (χ1n) is 7.03. The van der Waals surface area contributed by atoms with E-state index in [1.54, 1.807) is 0 Å². The summed E-state index contributed by atoms with van der Waals surface area (Å²) >= 11 is 1.45. The lowest BCUT2D eigenvalue weighted by molar-refractivity contribution is -0.116. The van der Waals surface area contributed by atoms with E-state index in [0.29, 0.717) is 24.2 Å². The minimum absolute atomic E-state index is 0.128. The zero-order valence-corrected chi connectivity index (χ0v) is 12.9. The lowest BCUT2D eigenvalue weighted by Crippen LogP contribution is -2.30. The van der Waals surface area contributed by atoms with E-state index in [4.69, 9.17) is 0 Å². The molecule has 0 aromatic heterocycles. The second-order valence-corrected chi connectivity index (χ2v) is 6.25. The van der Waals surface area contributed by atoms with Gasteiger partial charge < -0.3 is 4.90 Å². The fourth-order valence-electron chi connectivity index (χ4n) is 2.62. The summed E-state index contributed by atoms with van der Waals surface area (Å²) in [6.45, 7) is 2.39. The number of carbonyl (C=O) groups excluding carboxylic acids is 1. The zero-order chi connectivity index (χ0) is 15.7. The molecule has 22 heavy (non-hydrogen) atoms. The van der Waals surface area contributed by atoms with Gasteiger partial charge in [-0.15, -0.1) is 11.8 Å². The van der Waals surface area contributed by atoms with Crippen molar-refractivity contribution in [3.8, 4) is 0 Å². The number of carbonyl (C=O) groups is 1. The maximum absolute atomic E-state index is 13.7. The zero-order valence-electron chi connectivity index (χ0n) is 12.1. The number of halogens is 2. The molecule has 0 saturated carbocycles. The van der Waals surface area contributed by atoms with Crippen LogP contribution >= 0.6 is 11.8 Å². The molecule has 0 atom stereocenters. The Hall–Kier alpha value is -1.88. The molecule has 0 radical (unpaired) electrons. The summed E-state index contributed by atoms with van der Waals surface area (Å²) in [6, 6.07) is 9.93. The number of nitrogens with zero attached hydrogens (tertiary/aromatic N) is 1. The highest BCUT2D eigenvalue weighted by Gasteiger charge is 2.27. The van der Waals surface area contributed by atoms with Crippen LogP contribution in [-0.2, 0) is 11.2 Å². The van der Waals surface area contributed by atoms with Gasteiger partial charge >= 0.3 is 0 Å². The maximum atomic E-state index is 13.7. The molecule has 5 heteroatoms. The average molecular weight is 319 g/mol. The summed E-state index contributed by atoms with van der Waals surface area (Å²) in [6.07, 6.45) is 0.433. The molecule has 1 heterocycles. The van der Waals surface area contributed by atoms with Crippen molar-refractivity contribution >= 4 is 23.4 Å². The molecule has 0 bridgehead atoms. The van der Waals surface area contributed by atoms with Crippen LogP contribution in [0.25, 0.3) is 0 Å². The molecule has 1 amide bonds. The van der Waals surface area contributed by atoms with Crippen LogP contribution in [0.4, 0.5) is 14.5 Å². The van der Waals surface area contributed by atoms with Crippen LogP contribution in [-0.4, -0.2) is 18.2 Å². The summed E-state index contributed by atoms with van der Waals surface area (Å²) in [5.74, 6) is -1.10. The molecule has 2 nitrogen and oxygen atoms in total. The van der Waals surface area contributed by atoms with Gasteiger partial charge in [0, 0.05) is 23.1 Å². The molecule has 2 aromatic rings. The summed E-state index contributed by atoms with van der Waals surface area (Å²) in [7, 11) is 0. The first kappa shape index (κ1) is 15.0. The van der Waals surface area contributed by atoms with E-state index in [1.165, 1.54) is 22.7 Å². The van der Waals surface area contributed by atoms with Crippen LogP contribution in [0.2, 0.25) is 0 Å². The lowest BCUT2D eigenvalue weighted by atomic mass is 10.1. The van der Waals surface area contributed by atoms with Crippen molar-refractivity contribution in [3.05, 3.63) is 59.2 Å². The smallest absolute Gasteiger partial charge is 0.237 e. The van der Waals surface area contributed by atoms with Gasteiger partial charge in [-0.1, -0.05) is 18.2 Å². The summed E-state index contributed by atoms with van der Waals surface area (Å²) in [5, 5.41) is 0. The van der Waals surface area contributed by atoms with Gasteiger partial charge in [0.15, 0.2) is 0 Å².